The van der Waals surface area contributed by atoms with Crippen molar-refractivity contribution in [1.82, 2.24) is 20.2 Å². The summed E-state index contributed by atoms with van der Waals surface area (Å²) in [6, 6.07) is 8.43. The number of likely N-dealkylation sites (tertiary alicyclic amines) is 1. The molecule has 3 heterocycles. The van der Waals surface area contributed by atoms with Crippen LogP contribution in [0.1, 0.15) is 23.2 Å². The third-order valence-corrected chi connectivity index (χ3v) is 4.59. The Morgan fingerprint density at radius 3 is 2.84 bits per heavy atom. The minimum Gasteiger partial charge on any atom is -0.618 e. The second-order valence-electron chi connectivity index (χ2n) is 6.23. The second-order valence-corrected chi connectivity index (χ2v) is 6.23. The van der Waals surface area contributed by atoms with Crippen LogP contribution in [0.2, 0.25) is 0 Å². The molecule has 1 N–H and O–H groups in total. The van der Waals surface area contributed by atoms with Crippen LogP contribution in [0.4, 0.5) is 0 Å². The number of pyridine rings is 1. The highest BCUT2D eigenvalue weighted by molar-refractivity contribution is 6.04. The molecule has 0 aliphatic carbocycles. The van der Waals surface area contributed by atoms with E-state index >= 15 is 0 Å². The topological polar surface area (TPSA) is 85.1 Å². The van der Waals surface area contributed by atoms with E-state index in [1.165, 1.54) is 12.8 Å². The van der Waals surface area contributed by atoms with Crippen molar-refractivity contribution < 1.29 is 9.52 Å². The molecule has 0 unspecified atom stereocenters. The van der Waals surface area contributed by atoms with Gasteiger partial charge in [0, 0.05) is 31.4 Å². The monoisotopic (exact) mass is 337 g/mol. The largest absolute Gasteiger partial charge is 0.618 e. The van der Waals surface area contributed by atoms with Crippen LogP contribution in [0.25, 0.3) is 22.2 Å². The summed E-state index contributed by atoms with van der Waals surface area (Å²) in [5.41, 5.74) is 1.87. The number of para-hydroxylation sites is 1. The van der Waals surface area contributed by atoms with E-state index < -0.39 is 0 Å². The first-order valence-electron chi connectivity index (χ1n) is 8.51. The number of hydrogen-bond donors (Lipinski definition) is 1. The molecule has 1 saturated heterocycles. The van der Waals surface area contributed by atoms with Gasteiger partial charge >= 0.3 is 0 Å². The predicted octanol–water partition coefficient (Wildman–Crippen LogP) is 1.24. The van der Waals surface area contributed by atoms with Crippen LogP contribution in [-0.4, -0.2) is 47.0 Å². The number of carbonyl (C=O) groups is 1. The lowest BCUT2D eigenvalue weighted by molar-refractivity contribution is -0.548. The number of aromatic nitrogens is 3. The van der Waals surface area contributed by atoms with E-state index in [4.69, 9.17) is 0 Å². The summed E-state index contributed by atoms with van der Waals surface area (Å²) in [5.74, 6) is -0.215. The summed E-state index contributed by atoms with van der Waals surface area (Å²) in [5, 5.41) is 15.5. The van der Waals surface area contributed by atoms with Crippen molar-refractivity contribution in [2.75, 3.05) is 26.2 Å². The van der Waals surface area contributed by atoms with Crippen molar-refractivity contribution in [2.24, 2.45) is 0 Å². The summed E-state index contributed by atoms with van der Waals surface area (Å²) in [7, 11) is 0. The Bertz CT molecular complexity index is 937. The minimum absolute atomic E-state index is 0.215. The quantitative estimate of drug-likeness (QED) is 0.440. The maximum Gasteiger partial charge on any atom is 0.262 e. The van der Waals surface area contributed by atoms with Gasteiger partial charge in [-0.3, -0.25) is 4.79 Å². The van der Waals surface area contributed by atoms with E-state index in [1.807, 2.05) is 0 Å². The zero-order valence-electron chi connectivity index (χ0n) is 13.8. The maximum atomic E-state index is 12.6. The van der Waals surface area contributed by atoms with E-state index in [2.05, 4.69) is 20.2 Å². The number of nitrogens with one attached hydrogen (secondary N) is 1. The predicted molar refractivity (Wildman–Crippen MR) is 94.0 cm³/mol. The lowest BCUT2D eigenvalue weighted by Gasteiger charge is -2.15. The van der Waals surface area contributed by atoms with Gasteiger partial charge in [0.15, 0.2) is 5.52 Å². The molecule has 1 aromatic carbocycles. The summed E-state index contributed by atoms with van der Waals surface area (Å²) in [6.45, 7) is 3.62. The minimum atomic E-state index is -0.215. The Balaban J connectivity index is 1.63. The fraction of sp³-hybridized carbons (Fsp3) is 0.333. The molecule has 1 amide bonds. The number of nitrogens with zero attached hydrogens (tertiary/aromatic N) is 4. The molecule has 1 aliphatic heterocycles. The van der Waals surface area contributed by atoms with Crippen molar-refractivity contribution in [2.45, 2.75) is 12.8 Å². The Morgan fingerprint density at radius 1 is 1.20 bits per heavy atom. The first-order chi connectivity index (χ1) is 12.2. The highest BCUT2D eigenvalue weighted by atomic mass is 16.5. The molecule has 2 aromatic heterocycles. The molecule has 0 atom stereocenters. The summed E-state index contributed by atoms with van der Waals surface area (Å²) >= 11 is 0. The number of benzene rings is 1. The third kappa shape index (κ3) is 2.98. The number of amides is 1. The first-order valence-corrected chi connectivity index (χ1v) is 8.51. The van der Waals surface area contributed by atoms with E-state index in [9.17, 15) is 10.0 Å². The van der Waals surface area contributed by atoms with Gasteiger partial charge < -0.3 is 15.4 Å². The molecule has 0 radical (unpaired) electrons. The summed E-state index contributed by atoms with van der Waals surface area (Å²) in [6.07, 6.45) is 4.04. The van der Waals surface area contributed by atoms with Crippen LogP contribution in [0.5, 0.6) is 0 Å². The Morgan fingerprint density at radius 2 is 2.00 bits per heavy atom. The second kappa shape index (κ2) is 6.60. The average molecular weight is 337 g/mol. The zero-order chi connectivity index (χ0) is 17.2. The van der Waals surface area contributed by atoms with Gasteiger partial charge in [-0.1, -0.05) is 6.07 Å². The molecule has 7 nitrogen and oxygen atoms in total. The van der Waals surface area contributed by atoms with Crippen molar-refractivity contribution in [1.29, 1.82) is 0 Å². The SMILES string of the molecule is O=C(NCCN1CCCC1)c1cccc2c1nc1ncccc1[n+]2[O-]. The van der Waals surface area contributed by atoms with E-state index in [-0.39, 0.29) is 5.91 Å². The zero-order valence-corrected chi connectivity index (χ0v) is 13.8. The molecule has 0 saturated carbocycles. The molecule has 1 fully saturated rings. The maximum absolute atomic E-state index is 12.6. The van der Waals surface area contributed by atoms with Crippen LogP contribution in [0.15, 0.2) is 36.5 Å². The van der Waals surface area contributed by atoms with Gasteiger partial charge in [-0.25, -0.2) is 9.97 Å². The Labute approximate surface area is 144 Å². The highest BCUT2D eigenvalue weighted by Crippen LogP contribution is 2.17. The first kappa shape index (κ1) is 15.7. The van der Waals surface area contributed by atoms with E-state index in [0.717, 1.165) is 24.4 Å². The summed E-state index contributed by atoms with van der Waals surface area (Å²) in [4.78, 5) is 23.5. The smallest absolute Gasteiger partial charge is 0.262 e. The van der Waals surface area contributed by atoms with Crippen molar-refractivity contribution in [3.63, 3.8) is 0 Å². The molecule has 3 aromatic rings. The number of rotatable bonds is 4. The standard InChI is InChI=1S/C18H19N5O2/c24-18(20-9-12-22-10-1-2-11-22)13-5-3-6-14-16(13)21-17-15(23(14)25)7-4-8-19-17/h3-8H,1-2,9-12H2,(H,20,24). The van der Waals surface area contributed by atoms with Gasteiger partial charge in [0.1, 0.15) is 0 Å². The van der Waals surface area contributed by atoms with Crippen LogP contribution in [-0.2, 0) is 0 Å². The number of hydrogen-bond acceptors (Lipinski definition) is 5. The van der Waals surface area contributed by atoms with Crippen molar-refractivity contribution >= 4 is 28.1 Å². The van der Waals surface area contributed by atoms with Crippen LogP contribution in [0.3, 0.4) is 0 Å². The van der Waals surface area contributed by atoms with Crippen molar-refractivity contribution in [3.8, 4) is 0 Å². The Hall–Kier alpha value is -2.80. The number of fused-ring (bicyclic) bond motifs is 2. The molecule has 0 bridgehead atoms. The van der Waals surface area contributed by atoms with Crippen LogP contribution in [0, 0.1) is 5.21 Å². The molecular formula is C18H19N5O2. The van der Waals surface area contributed by atoms with Crippen LogP contribution < -0.4 is 10.0 Å². The molecule has 4 rings (SSSR count). The molecule has 1 aliphatic rings. The molecule has 7 heteroatoms. The lowest BCUT2D eigenvalue weighted by atomic mass is 10.1. The average Bonchev–Trinajstić information content (AvgIpc) is 3.15. The van der Waals surface area contributed by atoms with Gasteiger partial charge in [0.25, 0.3) is 11.4 Å². The van der Waals surface area contributed by atoms with Gasteiger partial charge in [-0.2, -0.15) is 4.73 Å². The third-order valence-electron chi connectivity index (χ3n) is 4.59. The van der Waals surface area contributed by atoms with Gasteiger partial charge in [-0.05, 0) is 38.1 Å². The highest BCUT2D eigenvalue weighted by Gasteiger charge is 2.19. The van der Waals surface area contributed by atoms with Gasteiger partial charge in [-0.15, -0.1) is 0 Å². The fourth-order valence-electron chi connectivity index (χ4n) is 3.29. The molecular weight excluding hydrogens is 318 g/mol. The summed E-state index contributed by atoms with van der Waals surface area (Å²) < 4.78 is 0.783. The van der Waals surface area contributed by atoms with Crippen molar-refractivity contribution in [3.05, 3.63) is 47.3 Å². The molecule has 25 heavy (non-hydrogen) atoms. The molecule has 0 spiro atoms. The van der Waals surface area contributed by atoms with Gasteiger partial charge in [0.2, 0.25) is 11.2 Å². The lowest BCUT2D eigenvalue weighted by Crippen LogP contribution is -2.34. The fourth-order valence-corrected chi connectivity index (χ4v) is 3.29. The van der Waals surface area contributed by atoms with E-state index in [0.29, 0.717) is 34.3 Å². The van der Waals surface area contributed by atoms with Gasteiger partial charge in [0.05, 0.1) is 5.56 Å². The number of carbonyl (C=O) groups excluding carboxylic acids is 1. The van der Waals surface area contributed by atoms with Crippen LogP contribution >= 0.6 is 0 Å². The normalized spacial score (nSPS) is 15.0. The molecule has 128 valence electrons. The van der Waals surface area contributed by atoms with E-state index in [1.54, 1.807) is 36.5 Å². The Kier molecular flexibility index (Phi) is 4.15.